The van der Waals surface area contributed by atoms with Gasteiger partial charge in [0.15, 0.2) is 0 Å². The number of carbonyl (C=O) groups excluding carboxylic acids is 4. The number of benzene rings is 1. The lowest BCUT2D eigenvalue weighted by molar-refractivity contribution is -0.143. The molecule has 0 fully saturated rings. The number of hydrogen-bond acceptors (Lipinski definition) is 6. The van der Waals surface area contributed by atoms with E-state index < -0.39 is 42.0 Å². The Morgan fingerprint density at radius 1 is 0.925 bits per heavy atom. The average molecular weight is 563 g/mol. The van der Waals surface area contributed by atoms with Crippen LogP contribution in [-0.2, 0) is 19.1 Å². The van der Waals surface area contributed by atoms with Gasteiger partial charge in [-0.2, -0.15) is 0 Å². The molecule has 0 aliphatic carbocycles. The molecule has 2 unspecified atom stereocenters. The highest BCUT2D eigenvalue weighted by atomic mass is 16.6. The number of phenols is 1. The van der Waals surface area contributed by atoms with Crippen molar-refractivity contribution >= 4 is 23.8 Å². The lowest BCUT2D eigenvalue weighted by Crippen LogP contribution is -2.54. The fourth-order valence-electron chi connectivity index (χ4n) is 4.29. The van der Waals surface area contributed by atoms with Crippen molar-refractivity contribution in [1.29, 1.82) is 0 Å². The van der Waals surface area contributed by atoms with Gasteiger partial charge in [-0.15, -0.1) is 0 Å². The van der Waals surface area contributed by atoms with E-state index in [0.717, 1.165) is 51.4 Å². The fourth-order valence-corrected chi connectivity index (χ4v) is 4.29. The first kappa shape index (κ1) is 34.7. The number of unbranched alkanes of at least 4 members (excludes halogenated alkanes) is 7. The third kappa shape index (κ3) is 13.7. The number of phenolic OH excluding ortho intramolecular Hbond substituents is 1. The van der Waals surface area contributed by atoms with E-state index in [2.05, 4.69) is 24.5 Å². The Hall–Kier alpha value is -3.30. The second kappa shape index (κ2) is 18.1. The first-order chi connectivity index (χ1) is 18.9. The van der Waals surface area contributed by atoms with Crippen molar-refractivity contribution in [3.8, 4) is 5.75 Å². The van der Waals surface area contributed by atoms with Crippen molar-refractivity contribution in [3.05, 3.63) is 29.8 Å². The minimum absolute atomic E-state index is 0.0258. The van der Waals surface area contributed by atoms with Crippen LogP contribution >= 0.6 is 0 Å². The highest BCUT2D eigenvalue weighted by molar-refractivity contribution is 5.94. The van der Waals surface area contributed by atoms with Crippen LogP contribution in [0.5, 0.6) is 5.75 Å². The largest absolute Gasteiger partial charge is 0.508 e. The van der Waals surface area contributed by atoms with Crippen LogP contribution in [-0.4, -0.2) is 58.6 Å². The normalized spacial score (nSPS) is 12.7. The number of alkyl carbamates (subject to hydrolysis) is 1. The van der Waals surface area contributed by atoms with Crippen molar-refractivity contribution in [3.63, 3.8) is 0 Å². The number of rotatable bonds is 18. The van der Waals surface area contributed by atoms with Gasteiger partial charge in [0, 0.05) is 13.1 Å². The molecule has 0 aliphatic rings. The van der Waals surface area contributed by atoms with E-state index in [1.54, 1.807) is 32.9 Å². The molecule has 10 nitrogen and oxygen atoms in total. The van der Waals surface area contributed by atoms with Crippen molar-refractivity contribution in [2.45, 2.75) is 117 Å². The standard InChI is InChI=1S/C30H50N4O6/c1-6-8-10-11-12-14-20-34(28(38)24(21-25(31)36)33-29(39)40-30(3,4)5)26(22-15-17-23(35)18-16-22)27(37)32-19-13-9-7-2/h15-18,24,26,35H,6-14,19-21H2,1-5H3,(H2,31,36)(H,32,37)(H,33,39). The Morgan fingerprint density at radius 3 is 2.08 bits per heavy atom. The van der Waals surface area contributed by atoms with Crippen LogP contribution in [0.3, 0.4) is 0 Å². The van der Waals surface area contributed by atoms with Crippen LogP contribution < -0.4 is 16.4 Å². The molecule has 0 aromatic heterocycles. The Bertz CT molecular complexity index is 929. The number of aromatic hydroxyl groups is 1. The molecule has 0 radical (unpaired) electrons. The maximum atomic E-state index is 14.0. The molecule has 226 valence electrons. The van der Waals surface area contributed by atoms with E-state index >= 15 is 0 Å². The number of ether oxygens (including phenoxy) is 1. The summed E-state index contributed by atoms with van der Waals surface area (Å²) in [5.41, 5.74) is 5.13. The number of nitrogens with one attached hydrogen (secondary N) is 2. The van der Waals surface area contributed by atoms with Gasteiger partial charge in [-0.3, -0.25) is 14.4 Å². The third-order valence-electron chi connectivity index (χ3n) is 6.28. The van der Waals surface area contributed by atoms with Gasteiger partial charge in [-0.1, -0.05) is 70.9 Å². The maximum absolute atomic E-state index is 14.0. The molecule has 0 saturated heterocycles. The smallest absolute Gasteiger partial charge is 0.408 e. The van der Waals surface area contributed by atoms with E-state index in [1.807, 2.05) is 0 Å². The zero-order valence-corrected chi connectivity index (χ0v) is 25.0. The van der Waals surface area contributed by atoms with Crippen LogP contribution in [0, 0.1) is 0 Å². The number of primary amides is 1. The van der Waals surface area contributed by atoms with Gasteiger partial charge in [0.25, 0.3) is 0 Å². The maximum Gasteiger partial charge on any atom is 0.408 e. The summed E-state index contributed by atoms with van der Waals surface area (Å²) in [6.45, 7) is 9.94. The topological polar surface area (TPSA) is 151 Å². The van der Waals surface area contributed by atoms with E-state index in [-0.39, 0.29) is 18.2 Å². The predicted octanol–water partition coefficient (Wildman–Crippen LogP) is 4.70. The van der Waals surface area contributed by atoms with E-state index in [0.29, 0.717) is 18.5 Å². The molecule has 0 spiro atoms. The first-order valence-corrected chi connectivity index (χ1v) is 14.5. The molecule has 0 bridgehead atoms. The molecule has 0 heterocycles. The summed E-state index contributed by atoms with van der Waals surface area (Å²) in [4.78, 5) is 53.6. The Balaban J connectivity index is 3.39. The van der Waals surface area contributed by atoms with E-state index in [4.69, 9.17) is 10.5 Å². The van der Waals surface area contributed by atoms with E-state index in [1.165, 1.54) is 17.0 Å². The van der Waals surface area contributed by atoms with Gasteiger partial charge in [0.2, 0.25) is 17.7 Å². The van der Waals surface area contributed by atoms with Crippen molar-refractivity contribution in [2.75, 3.05) is 13.1 Å². The molecule has 0 saturated carbocycles. The van der Waals surface area contributed by atoms with Gasteiger partial charge in [0.1, 0.15) is 23.4 Å². The van der Waals surface area contributed by atoms with Crippen LogP contribution in [0.1, 0.15) is 110 Å². The number of nitrogens with zero attached hydrogens (tertiary/aromatic N) is 1. The van der Waals surface area contributed by atoms with E-state index in [9.17, 15) is 24.3 Å². The zero-order chi connectivity index (χ0) is 30.1. The molecule has 1 aromatic carbocycles. The van der Waals surface area contributed by atoms with Crippen LogP contribution in [0.4, 0.5) is 4.79 Å². The van der Waals surface area contributed by atoms with Crippen molar-refractivity contribution < 1.29 is 29.0 Å². The number of carbonyl (C=O) groups is 4. The predicted molar refractivity (Wildman–Crippen MR) is 155 cm³/mol. The molecule has 40 heavy (non-hydrogen) atoms. The molecule has 10 heteroatoms. The summed E-state index contributed by atoms with van der Waals surface area (Å²) in [6, 6.07) is 3.75. The summed E-state index contributed by atoms with van der Waals surface area (Å²) >= 11 is 0. The molecule has 1 rings (SSSR count). The molecule has 1 aromatic rings. The third-order valence-corrected chi connectivity index (χ3v) is 6.28. The molecule has 0 aliphatic heterocycles. The fraction of sp³-hybridized carbons (Fsp3) is 0.667. The molecular weight excluding hydrogens is 512 g/mol. The summed E-state index contributed by atoms with van der Waals surface area (Å²) in [5, 5.41) is 15.3. The summed E-state index contributed by atoms with van der Waals surface area (Å²) < 4.78 is 5.32. The van der Waals surface area contributed by atoms with Gasteiger partial charge < -0.3 is 31.1 Å². The lowest BCUT2D eigenvalue weighted by atomic mass is 10.0. The van der Waals surface area contributed by atoms with Gasteiger partial charge >= 0.3 is 6.09 Å². The Labute approximate surface area is 239 Å². The van der Waals surface area contributed by atoms with Crippen LogP contribution in [0.25, 0.3) is 0 Å². The molecule has 5 N–H and O–H groups in total. The highest BCUT2D eigenvalue weighted by Gasteiger charge is 2.36. The first-order valence-electron chi connectivity index (χ1n) is 14.5. The van der Waals surface area contributed by atoms with Gasteiger partial charge in [-0.05, 0) is 51.3 Å². The summed E-state index contributed by atoms with van der Waals surface area (Å²) in [5.74, 6) is -1.74. The SMILES string of the molecule is CCCCCCCCN(C(=O)C(CC(N)=O)NC(=O)OC(C)(C)C)C(C(=O)NCCCCC)c1ccc(O)cc1. The second-order valence-electron chi connectivity index (χ2n) is 11.2. The van der Waals surface area contributed by atoms with Crippen molar-refractivity contribution in [1.82, 2.24) is 15.5 Å². The molecule has 2 atom stereocenters. The minimum Gasteiger partial charge on any atom is -0.508 e. The number of nitrogens with two attached hydrogens (primary N) is 1. The second-order valence-corrected chi connectivity index (χ2v) is 11.2. The summed E-state index contributed by atoms with van der Waals surface area (Å²) in [7, 11) is 0. The highest BCUT2D eigenvalue weighted by Crippen LogP contribution is 2.26. The minimum atomic E-state index is -1.32. The van der Waals surface area contributed by atoms with Crippen LogP contribution in [0.2, 0.25) is 0 Å². The van der Waals surface area contributed by atoms with Gasteiger partial charge in [0.05, 0.1) is 6.42 Å². The Morgan fingerprint density at radius 2 is 1.50 bits per heavy atom. The van der Waals surface area contributed by atoms with Crippen LogP contribution in [0.15, 0.2) is 24.3 Å². The Kier molecular flexibility index (Phi) is 15.7. The molecule has 4 amide bonds. The number of hydrogen-bond donors (Lipinski definition) is 4. The number of amides is 4. The van der Waals surface area contributed by atoms with Gasteiger partial charge in [-0.25, -0.2) is 4.79 Å². The van der Waals surface area contributed by atoms with Crippen molar-refractivity contribution in [2.24, 2.45) is 5.73 Å². The average Bonchev–Trinajstić information content (AvgIpc) is 2.86. The quantitative estimate of drug-likeness (QED) is 0.190. The molecular formula is C30H50N4O6. The monoisotopic (exact) mass is 562 g/mol. The summed E-state index contributed by atoms with van der Waals surface area (Å²) in [6.07, 6.45) is 7.19. The zero-order valence-electron chi connectivity index (χ0n) is 25.0. The lowest BCUT2D eigenvalue weighted by Gasteiger charge is -2.34.